The van der Waals surface area contributed by atoms with E-state index < -0.39 is 0 Å². The third-order valence-corrected chi connectivity index (χ3v) is 10.3. The van der Waals surface area contributed by atoms with Crippen molar-refractivity contribution < 1.29 is 0 Å². The number of rotatable bonds is 8. The summed E-state index contributed by atoms with van der Waals surface area (Å²) in [6.45, 7) is 0. The lowest BCUT2D eigenvalue weighted by Gasteiger charge is -2.26. The molecule has 260 valence electrons. The summed E-state index contributed by atoms with van der Waals surface area (Å²) < 4.78 is 4.49. The first-order valence-electron chi connectivity index (χ1n) is 18.5. The minimum absolute atomic E-state index is 0.801. The van der Waals surface area contributed by atoms with Crippen molar-refractivity contribution in [3.05, 3.63) is 212 Å². The minimum Gasteiger partial charge on any atom is -0.311 e. The number of fused-ring (bicyclic) bond motifs is 3. The lowest BCUT2D eigenvalue weighted by Crippen LogP contribution is -2.10. The van der Waals surface area contributed by atoms with E-state index in [1.165, 1.54) is 21.8 Å². The molecule has 0 N–H and O–H groups in total. The molecule has 55 heavy (non-hydrogen) atoms. The summed E-state index contributed by atoms with van der Waals surface area (Å²) in [6, 6.07) is 74.6. The maximum absolute atomic E-state index is 4.68. The first-order valence-corrected chi connectivity index (χ1v) is 18.5. The predicted octanol–water partition coefficient (Wildman–Crippen LogP) is 12.8. The molecule has 10 aromatic rings. The third-order valence-electron chi connectivity index (χ3n) is 10.3. The molecule has 0 atom stereocenters. The molecular formula is C50H35N5. The summed E-state index contributed by atoms with van der Waals surface area (Å²) in [5.74, 6) is 1.61. The normalized spacial score (nSPS) is 11.3. The highest BCUT2D eigenvalue weighted by Crippen LogP contribution is 2.38. The predicted molar refractivity (Wildman–Crippen MR) is 227 cm³/mol. The number of para-hydroxylation sites is 4. The Morgan fingerprint density at radius 1 is 0.291 bits per heavy atom. The summed E-state index contributed by atoms with van der Waals surface area (Å²) >= 11 is 0. The van der Waals surface area contributed by atoms with Gasteiger partial charge in [-0.25, -0.2) is 0 Å². The van der Waals surface area contributed by atoms with Gasteiger partial charge in [0.25, 0.3) is 0 Å². The third kappa shape index (κ3) is 5.85. The highest BCUT2D eigenvalue weighted by Gasteiger charge is 2.18. The van der Waals surface area contributed by atoms with E-state index in [2.05, 4.69) is 200 Å². The first-order chi connectivity index (χ1) is 27.3. The fourth-order valence-corrected chi connectivity index (χ4v) is 7.66. The molecule has 0 fully saturated rings. The van der Waals surface area contributed by atoms with E-state index in [1.54, 1.807) is 0 Å². The lowest BCUT2D eigenvalue weighted by atomic mass is 10.0. The molecule has 0 saturated heterocycles. The molecule has 0 bridgehead atoms. The molecule has 0 aliphatic heterocycles. The van der Waals surface area contributed by atoms with Crippen molar-refractivity contribution in [2.24, 2.45) is 0 Å². The van der Waals surface area contributed by atoms with Crippen LogP contribution in [0.2, 0.25) is 0 Å². The van der Waals surface area contributed by atoms with Crippen molar-refractivity contribution in [3.8, 4) is 45.3 Å². The van der Waals surface area contributed by atoms with Crippen LogP contribution in [0.3, 0.4) is 0 Å². The number of nitrogens with zero attached hydrogens (tertiary/aromatic N) is 5. The van der Waals surface area contributed by atoms with Crippen LogP contribution in [0.25, 0.3) is 67.1 Å². The summed E-state index contributed by atoms with van der Waals surface area (Å²) in [5.41, 5.74) is 12.1. The molecule has 8 aromatic carbocycles. The second-order valence-corrected chi connectivity index (χ2v) is 13.6. The van der Waals surface area contributed by atoms with E-state index in [1.807, 2.05) is 36.4 Å². The number of benzene rings is 8. The van der Waals surface area contributed by atoms with Crippen LogP contribution in [0, 0.1) is 0 Å². The van der Waals surface area contributed by atoms with Gasteiger partial charge in [-0.05, 0) is 83.9 Å². The Hall–Kier alpha value is -7.50. The number of hydrogen-bond donors (Lipinski definition) is 0. The van der Waals surface area contributed by atoms with Gasteiger partial charge >= 0.3 is 0 Å². The molecule has 0 spiro atoms. The van der Waals surface area contributed by atoms with Gasteiger partial charge in [0.2, 0.25) is 0 Å². The Morgan fingerprint density at radius 2 is 0.673 bits per heavy atom. The highest BCUT2D eigenvalue weighted by molar-refractivity contribution is 6.09. The smallest absolute Gasteiger partial charge is 0.168 e. The molecule has 0 amide bonds. The molecule has 2 heterocycles. The second-order valence-electron chi connectivity index (χ2n) is 13.6. The van der Waals surface area contributed by atoms with Gasteiger partial charge in [0.15, 0.2) is 11.6 Å². The van der Waals surface area contributed by atoms with Gasteiger partial charge in [-0.2, -0.15) is 0 Å². The molecular weight excluding hydrogens is 671 g/mol. The maximum atomic E-state index is 4.68. The van der Waals surface area contributed by atoms with Gasteiger partial charge in [0.1, 0.15) is 0 Å². The number of anilines is 3. The summed E-state index contributed by atoms with van der Waals surface area (Å²) in [4.78, 5) is 2.31. The van der Waals surface area contributed by atoms with Gasteiger partial charge in [-0.3, -0.25) is 4.57 Å². The minimum atomic E-state index is 0.801. The van der Waals surface area contributed by atoms with E-state index >= 15 is 0 Å². The van der Waals surface area contributed by atoms with Gasteiger partial charge in [-0.15, -0.1) is 10.2 Å². The Morgan fingerprint density at radius 3 is 1.24 bits per heavy atom. The van der Waals surface area contributed by atoms with E-state index in [0.29, 0.717) is 0 Å². The molecule has 0 saturated carbocycles. The van der Waals surface area contributed by atoms with E-state index in [0.717, 1.165) is 62.3 Å². The summed E-state index contributed by atoms with van der Waals surface area (Å²) in [6.07, 6.45) is 0. The Labute approximate surface area is 319 Å². The average molecular weight is 706 g/mol. The fraction of sp³-hybridized carbons (Fsp3) is 0. The molecule has 0 aliphatic rings. The molecule has 5 heteroatoms. The Bertz CT molecular complexity index is 2820. The molecule has 0 unspecified atom stereocenters. The van der Waals surface area contributed by atoms with Crippen LogP contribution < -0.4 is 4.90 Å². The van der Waals surface area contributed by atoms with Gasteiger partial charge < -0.3 is 9.47 Å². The van der Waals surface area contributed by atoms with Gasteiger partial charge in [-0.1, -0.05) is 140 Å². The van der Waals surface area contributed by atoms with Crippen LogP contribution in [0.4, 0.5) is 17.1 Å². The van der Waals surface area contributed by atoms with Crippen molar-refractivity contribution in [2.75, 3.05) is 4.90 Å². The van der Waals surface area contributed by atoms with Gasteiger partial charge in [0, 0.05) is 50.3 Å². The first kappa shape index (κ1) is 32.2. The van der Waals surface area contributed by atoms with Crippen LogP contribution in [-0.4, -0.2) is 19.3 Å². The lowest BCUT2D eigenvalue weighted by molar-refractivity contribution is 1.07. The fourth-order valence-electron chi connectivity index (χ4n) is 7.66. The number of aromatic nitrogens is 4. The molecule has 2 aromatic heterocycles. The van der Waals surface area contributed by atoms with Crippen LogP contribution in [0.15, 0.2) is 212 Å². The van der Waals surface area contributed by atoms with Crippen molar-refractivity contribution in [3.63, 3.8) is 0 Å². The van der Waals surface area contributed by atoms with E-state index in [4.69, 9.17) is 0 Å². The second kappa shape index (κ2) is 13.8. The molecule has 10 rings (SSSR count). The van der Waals surface area contributed by atoms with E-state index in [9.17, 15) is 0 Å². The van der Waals surface area contributed by atoms with Crippen LogP contribution in [-0.2, 0) is 0 Å². The quantitative estimate of drug-likeness (QED) is 0.158. The topological polar surface area (TPSA) is 38.9 Å². The van der Waals surface area contributed by atoms with Gasteiger partial charge in [0.05, 0.1) is 11.0 Å². The number of hydrogen-bond acceptors (Lipinski definition) is 3. The SMILES string of the molecule is c1ccc(-c2nnc(-c3ccc(-c4ccc(N(c5ccccc5)c5ccc(-n6c7ccccc7c7ccccc76)cc5)cc4)cc3)n2-c2ccccc2)cc1. The van der Waals surface area contributed by atoms with Crippen LogP contribution in [0.1, 0.15) is 0 Å². The van der Waals surface area contributed by atoms with Crippen LogP contribution >= 0.6 is 0 Å². The van der Waals surface area contributed by atoms with E-state index in [-0.39, 0.29) is 0 Å². The Balaban J connectivity index is 0.971. The largest absolute Gasteiger partial charge is 0.311 e. The molecule has 5 nitrogen and oxygen atoms in total. The Kier molecular flexibility index (Phi) is 8.08. The monoisotopic (exact) mass is 705 g/mol. The average Bonchev–Trinajstić information content (AvgIpc) is 3.86. The van der Waals surface area contributed by atoms with Crippen molar-refractivity contribution >= 4 is 38.9 Å². The summed E-state index contributed by atoms with van der Waals surface area (Å²) in [7, 11) is 0. The van der Waals surface area contributed by atoms with Crippen molar-refractivity contribution in [2.45, 2.75) is 0 Å². The zero-order valence-electron chi connectivity index (χ0n) is 29.9. The van der Waals surface area contributed by atoms with Crippen molar-refractivity contribution in [1.82, 2.24) is 19.3 Å². The van der Waals surface area contributed by atoms with Crippen LogP contribution in [0.5, 0.6) is 0 Å². The molecule has 0 radical (unpaired) electrons. The zero-order valence-corrected chi connectivity index (χ0v) is 29.9. The standard InChI is InChI=1S/C50H35N5/c1-4-14-38(15-5-1)49-51-52-50(55(49)41-18-8-3-9-19-41)39-26-24-36(25-27-39)37-28-30-42(31-29-37)53(40-16-6-2-7-17-40)43-32-34-44(35-33-43)54-47-22-12-10-20-45(47)46-21-11-13-23-48(46)54/h1-35H. The maximum Gasteiger partial charge on any atom is 0.168 e. The highest BCUT2D eigenvalue weighted by atomic mass is 15.3. The summed E-state index contributed by atoms with van der Waals surface area (Å²) in [5, 5.41) is 11.8. The van der Waals surface area contributed by atoms with Crippen molar-refractivity contribution in [1.29, 1.82) is 0 Å². The zero-order chi connectivity index (χ0) is 36.6. The molecule has 0 aliphatic carbocycles.